The molecule has 0 unspecified atom stereocenters. The monoisotopic (exact) mass is 487 g/mol. The van der Waals surface area contributed by atoms with Crippen molar-refractivity contribution < 1.29 is 14.3 Å². The summed E-state index contributed by atoms with van der Waals surface area (Å²) in [6.07, 6.45) is 1.93. The lowest BCUT2D eigenvalue weighted by Crippen LogP contribution is -2.10. The van der Waals surface area contributed by atoms with E-state index in [0.717, 1.165) is 34.2 Å². The summed E-state index contributed by atoms with van der Waals surface area (Å²) in [5, 5.41) is -0.718. The Morgan fingerprint density at radius 2 is 1.03 bits per heavy atom. The fourth-order valence-corrected chi connectivity index (χ4v) is 3.22. The Hall–Kier alpha value is -3.22. The van der Waals surface area contributed by atoms with Crippen molar-refractivity contribution in [1.29, 1.82) is 0 Å². The Kier molecular flexibility index (Phi) is 10.5. The molecule has 3 aromatic carbocycles. The smallest absolute Gasteiger partial charge is 0.221 e. The maximum Gasteiger partial charge on any atom is 0.221 e. The zero-order chi connectivity index (χ0) is 24.2. The lowest BCUT2D eigenvalue weighted by Gasteiger charge is -2.25. The molecule has 0 amide bonds. The minimum absolute atomic E-state index is 0.325. The molecule has 0 spiro atoms. The van der Waals surface area contributed by atoms with Crippen LogP contribution in [0.3, 0.4) is 0 Å². The van der Waals surface area contributed by atoms with Crippen LogP contribution in [0.2, 0.25) is 0 Å². The predicted molar refractivity (Wildman–Crippen MR) is 137 cm³/mol. The van der Waals surface area contributed by atoms with E-state index in [0.29, 0.717) is 25.7 Å². The van der Waals surface area contributed by atoms with Gasteiger partial charge >= 0.3 is 0 Å². The number of carbonyl (C=O) groups is 2. The molecular weight excluding hydrogens is 461 g/mol. The predicted octanol–water partition coefficient (Wildman–Crippen LogP) is 6.41. The standard InChI is InChI=1S/C19H19N3O.C6H8Cl2O2/c1-23-19-12-10-18(11-13-19)22(16-6-2-14(20)3-7-16)17-8-4-15(21)5-9-17;7-5(9)3-1-2-4-6(8)10/h2-13H,20-21H2,1H3;1-4H2. The molecular formula is C25H27Cl2N3O3. The first kappa shape index (κ1) is 26.0. The first-order valence-corrected chi connectivity index (χ1v) is 11.1. The third kappa shape index (κ3) is 9.04. The van der Waals surface area contributed by atoms with Crippen LogP contribution in [0, 0.1) is 0 Å². The Labute approximate surface area is 204 Å². The van der Waals surface area contributed by atoms with Crippen LogP contribution in [-0.2, 0) is 9.59 Å². The largest absolute Gasteiger partial charge is 0.497 e. The number of hydrogen-bond acceptors (Lipinski definition) is 6. The van der Waals surface area contributed by atoms with Gasteiger partial charge in [0.1, 0.15) is 5.75 Å². The van der Waals surface area contributed by atoms with Crippen molar-refractivity contribution in [2.75, 3.05) is 23.5 Å². The summed E-state index contributed by atoms with van der Waals surface area (Å²) in [6, 6.07) is 23.5. The number of nitrogens with two attached hydrogens (primary N) is 2. The van der Waals surface area contributed by atoms with E-state index in [1.807, 2.05) is 72.8 Å². The highest BCUT2D eigenvalue weighted by atomic mass is 35.5. The molecule has 3 rings (SSSR count). The molecule has 0 aliphatic heterocycles. The molecule has 0 bridgehead atoms. The van der Waals surface area contributed by atoms with E-state index >= 15 is 0 Å². The van der Waals surface area contributed by atoms with Crippen molar-refractivity contribution in [2.45, 2.75) is 25.7 Å². The third-order valence-electron chi connectivity index (χ3n) is 4.63. The average molecular weight is 488 g/mol. The molecule has 0 aromatic heterocycles. The maximum absolute atomic E-state index is 10.1. The Balaban J connectivity index is 0.000000328. The molecule has 3 aromatic rings. The molecule has 6 nitrogen and oxygen atoms in total. The minimum atomic E-state index is -0.359. The van der Waals surface area contributed by atoms with Crippen LogP contribution in [0.5, 0.6) is 5.75 Å². The topological polar surface area (TPSA) is 98.7 Å². The zero-order valence-corrected chi connectivity index (χ0v) is 19.9. The second-order valence-corrected chi connectivity index (χ2v) is 7.98. The van der Waals surface area contributed by atoms with Crippen LogP contribution in [0.15, 0.2) is 72.8 Å². The fraction of sp³-hybridized carbons (Fsp3) is 0.200. The number of benzene rings is 3. The lowest BCUT2D eigenvalue weighted by atomic mass is 10.1. The molecule has 0 heterocycles. The number of hydrogen-bond donors (Lipinski definition) is 2. The first-order valence-electron chi connectivity index (χ1n) is 10.3. The molecule has 0 fully saturated rings. The van der Waals surface area contributed by atoms with Crippen molar-refractivity contribution in [2.24, 2.45) is 0 Å². The van der Waals surface area contributed by atoms with Gasteiger partial charge in [0.05, 0.1) is 7.11 Å². The Morgan fingerprint density at radius 3 is 1.33 bits per heavy atom. The van der Waals surface area contributed by atoms with Gasteiger partial charge < -0.3 is 21.1 Å². The van der Waals surface area contributed by atoms with Gasteiger partial charge in [-0.25, -0.2) is 0 Å². The summed E-state index contributed by atoms with van der Waals surface area (Å²) in [5.41, 5.74) is 16.2. The summed E-state index contributed by atoms with van der Waals surface area (Å²) in [6.45, 7) is 0. The van der Waals surface area contributed by atoms with E-state index in [4.69, 9.17) is 39.4 Å². The summed E-state index contributed by atoms with van der Waals surface area (Å²) >= 11 is 10.1. The summed E-state index contributed by atoms with van der Waals surface area (Å²) in [7, 11) is 1.66. The highest BCUT2D eigenvalue weighted by Gasteiger charge is 2.12. The van der Waals surface area contributed by atoms with Gasteiger partial charge in [-0.1, -0.05) is 0 Å². The highest BCUT2D eigenvalue weighted by Crippen LogP contribution is 2.35. The number of methoxy groups -OCH3 is 1. The van der Waals surface area contributed by atoms with E-state index in [-0.39, 0.29) is 10.5 Å². The van der Waals surface area contributed by atoms with Crippen LogP contribution in [-0.4, -0.2) is 17.6 Å². The van der Waals surface area contributed by atoms with E-state index in [1.54, 1.807) is 7.11 Å². The van der Waals surface area contributed by atoms with Crippen molar-refractivity contribution in [3.05, 3.63) is 72.8 Å². The molecule has 33 heavy (non-hydrogen) atoms. The van der Waals surface area contributed by atoms with Crippen molar-refractivity contribution in [1.82, 2.24) is 0 Å². The van der Waals surface area contributed by atoms with Gasteiger partial charge in [-0.2, -0.15) is 0 Å². The molecule has 0 aliphatic carbocycles. The van der Waals surface area contributed by atoms with Gasteiger partial charge in [-0.3, -0.25) is 9.59 Å². The fourth-order valence-electron chi connectivity index (χ4n) is 2.95. The molecule has 0 radical (unpaired) electrons. The van der Waals surface area contributed by atoms with Gasteiger partial charge in [0.2, 0.25) is 10.5 Å². The molecule has 0 saturated heterocycles. The van der Waals surface area contributed by atoms with Crippen molar-refractivity contribution in [3.63, 3.8) is 0 Å². The van der Waals surface area contributed by atoms with Gasteiger partial charge in [0, 0.05) is 41.3 Å². The van der Waals surface area contributed by atoms with Crippen LogP contribution >= 0.6 is 23.2 Å². The number of nitrogen functional groups attached to an aromatic ring is 2. The number of rotatable bonds is 9. The molecule has 174 valence electrons. The Morgan fingerprint density at radius 1 is 0.697 bits per heavy atom. The minimum Gasteiger partial charge on any atom is -0.497 e. The number of nitrogens with zero attached hydrogens (tertiary/aromatic N) is 1. The van der Waals surface area contributed by atoms with Crippen LogP contribution < -0.4 is 21.1 Å². The van der Waals surface area contributed by atoms with Gasteiger partial charge in [0.15, 0.2) is 0 Å². The van der Waals surface area contributed by atoms with Gasteiger partial charge in [-0.15, -0.1) is 0 Å². The van der Waals surface area contributed by atoms with Crippen molar-refractivity contribution in [3.8, 4) is 5.75 Å². The zero-order valence-electron chi connectivity index (χ0n) is 18.3. The molecule has 0 aliphatic rings. The molecule has 4 N–H and O–H groups in total. The normalized spacial score (nSPS) is 10.0. The summed E-state index contributed by atoms with van der Waals surface area (Å²) in [5.74, 6) is 0.823. The van der Waals surface area contributed by atoms with Crippen LogP contribution in [0.1, 0.15) is 25.7 Å². The summed E-state index contributed by atoms with van der Waals surface area (Å²) < 4.78 is 5.24. The van der Waals surface area contributed by atoms with E-state index in [1.165, 1.54) is 0 Å². The average Bonchev–Trinajstić information content (AvgIpc) is 2.80. The second kappa shape index (κ2) is 13.4. The van der Waals surface area contributed by atoms with Crippen LogP contribution in [0.25, 0.3) is 0 Å². The number of ether oxygens (including phenoxy) is 1. The highest BCUT2D eigenvalue weighted by molar-refractivity contribution is 6.63. The quantitative estimate of drug-likeness (QED) is 0.205. The maximum atomic E-state index is 10.1. The first-order chi connectivity index (χ1) is 15.8. The van der Waals surface area contributed by atoms with E-state index < -0.39 is 0 Å². The number of carbonyl (C=O) groups excluding carboxylic acids is 2. The van der Waals surface area contributed by atoms with Gasteiger partial charge in [-0.05, 0) is 109 Å². The lowest BCUT2D eigenvalue weighted by molar-refractivity contribution is -0.113. The summed E-state index contributed by atoms with van der Waals surface area (Å²) in [4.78, 5) is 22.4. The SMILES string of the molecule is COc1ccc(N(c2ccc(N)cc2)c2ccc(N)cc2)cc1.O=C(Cl)CCCCC(=O)Cl. The number of halogens is 2. The molecule has 0 saturated carbocycles. The number of unbranched alkanes of at least 4 members (excludes halogenated alkanes) is 1. The van der Waals surface area contributed by atoms with E-state index in [2.05, 4.69) is 4.90 Å². The molecule has 0 atom stereocenters. The molecule has 8 heteroatoms. The van der Waals surface area contributed by atoms with Gasteiger partial charge in [0.25, 0.3) is 0 Å². The van der Waals surface area contributed by atoms with Crippen molar-refractivity contribution >= 4 is 62.1 Å². The van der Waals surface area contributed by atoms with E-state index in [9.17, 15) is 9.59 Å². The Bertz CT molecular complexity index is 963. The second-order valence-electron chi connectivity index (χ2n) is 7.13. The van der Waals surface area contributed by atoms with Crippen LogP contribution in [0.4, 0.5) is 28.4 Å². The third-order valence-corrected chi connectivity index (χ3v) is 5.01. The number of anilines is 5.